The molecule has 0 aromatic heterocycles. The van der Waals surface area contributed by atoms with Gasteiger partial charge in [0.2, 0.25) is 5.91 Å². The van der Waals surface area contributed by atoms with E-state index in [0.29, 0.717) is 32.5 Å². The van der Waals surface area contributed by atoms with Gasteiger partial charge >= 0.3 is 12.1 Å². The van der Waals surface area contributed by atoms with Gasteiger partial charge in [-0.2, -0.15) is 0 Å². The van der Waals surface area contributed by atoms with Crippen molar-refractivity contribution in [2.75, 3.05) is 26.2 Å². The number of carbonyl (C=O) groups is 3. The van der Waals surface area contributed by atoms with Gasteiger partial charge in [0.05, 0.1) is 12.5 Å². The van der Waals surface area contributed by atoms with Crippen LogP contribution in [0, 0.1) is 0 Å². The third kappa shape index (κ3) is 7.11. The van der Waals surface area contributed by atoms with Gasteiger partial charge in [-0.15, -0.1) is 0 Å². The molecule has 38 heavy (non-hydrogen) atoms. The van der Waals surface area contributed by atoms with Crippen molar-refractivity contribution in [3.05, 3.63) is 71.3 Å². The number of amides is 2. The molecule has 1 fully saturated rings. The molecule has 2 N–H and O–H groups in total. The van der Waals surface area contributed by atoms with Gasteiger partial charge in [-0.05, 0) is 49.8 Å². The summed E-state index contributed by atoms with van der Waals surface area (Å²) < 4.78 is 11.3. The Kier molecular flexibility index (Phi) is 9.01. The number of nitrogens with one attached hydrogen (secondary N) is 1. The molecule has 2 heterocycles. The number of piperidine rings is 1. The molecule has 2 aliphatic rings. The SMILES string of the molecule is CC1(C)Cc2ccccc2C(NC(=O)COC2CCN(C(=O)OCc3ccccc3)CC2)N1CCC(=O)O. The first-order valence-electron chi connectivity index (χ1n) is 13.2. The molecule has 204 valence electrons. The van der Waals surface area contributed by atoms with Gasteiger partial charge in [0, 0.05) is 25.2 Å². The summed E-state index contributed by atoms with van der Waals surface area (Å²) in [5.74, 6) is -1.13. The number of carboxylic acids is 1. The van der Waals surface area contributed by atoms with Crippen LogP contribution in [0.15, 0.2) is 54.6 Å². The second-order valence-corrected chi connectivity index (χ2v) is 10.5. The van der Waals surface area contributed by atoms with E-state index >= 15 is 0 Å². The van der Waals surface area contributed by atoms with Crippen LogP contribution in [-0.2, 0) is 32.1 Å². The molecule has 1 unspecified atom stereocenters. The van der Waals surface area contributed by atoms with E-state index in [-0.39, 0.29) is 43.3 Å². The van der Waals surface area contributed by atoms with E-state index in [9.17, 15) is 19.5 Å². The fraction of sp³-hybridized carbons (Fsp3) is 0.483. The maximum atomic E-state index is 13.0. The number of carboxylic acid groups (broad SMARTS) is 1. The zero-order valence-electron chi connectivity index (χ0n) is 22.1. The number of fused-ring (bicyclic) bond motifs is 1. The third-order valence-electron chi connectivity index (χ3n) is 7.28. The molecule has 0 saturated carbocycles. The average molecular weight is 524 g/mol. The van der Waals surface area contributed by atoms with Crippen LogP contribution in [0.1, 0.15) is 56.0 Å². The molecule has 0 aliphatic carbocycles. The summed E-state index contributed by atoms with van der Waals surface area (Å²) in [4.78, 5) is 40.4. The van der Waals surface area contributed by atoms with Crippen LogP contribution in [0.2, 0.25) is 0 Å². The van der Waals surface area contributed by atoms with Crippen molar-refractivity contribution in [1.82, 2.24) is 15.1 Å². The maximum Gasteiger partial charge on any atom is 0.410 e. The van der Waals surface area contributed by atoms with Crippen molar-refractivity contribution in [2.45, 2.75) is 63.9 Å². The fourth-order valence-electron chi connectivity index (χ4n) is 5.25. The Morgan fingerprint density at radius 1 is 1.03 bits per heavy atom. The van der Waals surface area contributed by atoms with Crippen LogP contribution < -0.4 is 5.32 Å². The van der Waals surface area contributed by atoms with E-state index in [1.54, 1.807) is 4.90 Å². The summed E-state index contributed by atoms with van der Waals surface area (Å²) in [6.45, 7) is 5.61. The van der Waals surface area contributed by atoms with Crippen molar-refractivity contribution >= 4 is 18.0 Å². The quantitative estimate of drug-likeness (QED) is 0.516. The summed E-state index contributed by atoms with van der Waals surface area (Å²) in [6.07, 6.45) is 1.09. The molecule has 9 heteroatoms. The average Bonchev–Trinajstić information content (AvgIpc) is 2.90. The largest absolute Gasteiger partial charge is 0.481 e. The molecule has 0 bridgehead atoms. The Morgan fingerprint density at radius 3 is 2.42 bits per heavy atom. The third-order valence-corrected chi connectivity index (χ3v) is 7.28. The number of benzene rings is 2. The second kappa shape index (κ2) is 12.4. The summed E-state index contributed by atoms with van der Waals surface area (Å²) in [7, 11) is 0. The normalized spacial score (nSPS) is 19.4. The lowest BCUT2D eigenvalue weighted by molar-refractivity contribution is -0.138. The van der Waals surface area contributed by atoms with E-state index in [4.69, 9.17) is 9.47 Å². The van der Waals surface area contributed by atoms with Crippen LogP contribution in [0.25, 0.3) is 0 Å². The van der Waals surface area contributed by atoms with Crippen molar-refractivity contribution in [2.24, 2.45) is 0 Å². The molecule has 0 radical (unpaired) electrons. The number of hydrogen-bond donors (Lipinski definition) is 2. The standard InChI is InChI=1S/C29H37N3O6/c1-29(2)18-22-10-6-7-11-24(22)27(32(29)17-14-26(34)35)30-25(33)20-37-23-12-15-31(16-13-23)28(36)38-19-21-8-4-3-5-9-21/h3-11,23,27H,12-20H2,1-2H3,(H,30,33)(H,34,35). The highest BCUT2D eigenvalue weighted by atomic mass is 16.6. The van der Waals surface area contributed by atoms with Gasteiger partial charge in [0.25, 0.3) is 0 Å². The van der Waals surface area contributed by atoms with Gasteiger partial charge < -0.3 is 24.8 Å². The fourth-order valence-corrected chi connectivity index (χ4v) is 5.25. The molecule has 4 rings (SSSR count). The van der Waals surface area contributed by atoms with Gasteiger partial charge in [-0.3, -0.25) is 14.5 Å². The minimum absolute atomic E-state index is 0.0131. The van der Waals surface area contributed by atoms with E-state index in [0.717, 1.165) is 23.1 Å². The van der Waals surface area contributed by atoms with E-state index < -0.39 is 12.1 Å². The number of aliphatic carboxylic acids is 1. The van der Waals surface area contributed by atoms with Gasteiger partial charge in [0.15, 0.2) is 0 Å². The zero-order chi connectivity index (χ0) is 27.1. The molecule has 0 spiro atoms. The van der Waals surface area contributed by atoms with Crippen LogP contribution in [0.3, 0.4) is 0 Å². The van der Waals surface area contributed by atoms with Crippen LogP contribution in [-0.4, -0.2) is 70.8 Å². The Morgan fingerprint density at radius 2 is 1.71 bits per heavy atom. The highest BCUT2D eigenvalue weighted by Crippen LogP contribution is 2.37. The lowest BCUT2D eigenvalue weighted by Gasteiger charge is -2.48. The van der Waals surface area contributed by atoms with E-state index in [2.05, 4.69) is 30.1 Å². The smallest absolute Gasteiger partial charge is 0.410 e. The topological polar surface area (TPSA) is 108 Å². The van der Waals surface area contributed by atoms with Gasteiger partial charge in [0.1, 0.15) is 19.4 Å². The maximum absolute atomic E-state index is 13.0. The Hall–Kier alpha value is -3.43. The summed E-state index contributed by atoms with van der Waals surface area (Å²) >= 11 is 0. The lowest BCUT2D eigenvalue weighted by Crippen LogP contribution is -2.56. The van der Waals surface area contributed by atoms with Crippen molar-refractivity contribution < 1.29 is 29.0 Å². The molecule has 2 amide bonds. The predicted octanol–water partition coefficient (Wildman–Crippen LogP) is 3.73. The number of likely N-dealkylation sites (tertiary alicyclic amines) is 1. The first kappa shape index (κ1) is 27.6. The molecule has 1 saturated heterocycles. The monoisotopic (exact) mass is 523 g/mol. The first-order chi connectivity index (χ1) is 18.2. The molecular formula is C29H37N3O6. The Balaban J connectivity index is 1.28. The minimum atomic E-state index is -0.872. The number of rotatable bonds is 9. The number of carbonyl (C=O) groups excluding carboxylic acids is 2. The van der Waals surface area contributed by atoms with Crippen LogP contribution in [0.5, 0.6) is 0 Å². The highest BCUT2D eigenvalue weighted by Gasteiger charge is 2.40. The molecular weight excluding hydrogens is 486 g/mol. The predicted molar refractivity (Wildman–Crippen MR) is 141 cm³/mol. The highest BCUT2D eigenvalue weighted by molar-refractivity contribution is 5.78. The minimum Gasteiger partial charge on any atom is -0.481 e. The summed E-state index contributed by atoms with van der Waals surface area (Å²) in [5, 5.41) is 12.4. The van der Waals surface area contributed by atoms with E-state index in [1.807, 2.05) is 48.5 Å². The molecule has 2 aromatic rings. The van der Waals surface area contributed by atoms with Crippen LogP contribution in [0.4, 0.5) is 4.79 Å². The lowest BCUT2D eigenvalue weighted by atomic mass is 9.83. The first-order valence-corrected chi connectivity index (χ1v) is 13.2. The number of ether oxygens (including phenoxy) is 2. The second-order valence-electron chi connectivity index (χ2n) is 10.5. The zero-order valence-corrected chi connectivity index (χ0v) is 22.1. The molecule has 2 aliphatic heterocycles. The van der Waals surface area contributed by atoms with Crippen molar-refractivity contribution in [3.63, 3.8) is 0 Å². The number of nitrogens with zero attached hydrogens (tertiary/aromatic N) is 2. The van der Waals surface area contributed by atoms with Crippen LogP contribution >= 0.6 is 0 Å². The van der Waals surface area contributed by atoms with Crippen molar-refractivity contribution in [3.8, 4) is 0 Å². The molecule has 1 atom stereocenters. The Bertz CT molecular complexity index is 1110. The number of hydrogen-bond acceptors (Lipinski definition) is 6. The molecule has 2 aromatic carbocycles. The van der Waals surface area contributed by atoms with Crippen molar-refractivity contribution in [1.29, 1.82) is 0 Å². The summed E-state index contributed by atoms with van der Waals surface area (Å²) in [5.41, 5.74) is 2.73. The van der Waals surface area contributed by atoms with Gasteiger partial charge in [-0.1, -0.05) is 54.6 Å². The summed E-state index contributed by atoms with van der Waals surface area (Å²) in [6, 6.07) is 17.5. The Labute approximate surface area is 223 Å². The van der Waals surface area contributed by atoms with E-state index in [1.165, 1.54) is 0 Å². The molecule has 9 nitrogen and oxygen atoms in total. The van der Waals surface area contributed by atoms with Gasteiger partial charge in [-0.25, -0.2) is 4.79 Å².